The van der Waals surface area contributed by atoms with Gasteiger partial charge in [-0.25, -0.2) is 4.39 Å². The number of rotatable bonds is 5. The summed E-state index contributed by atoms with van der Waals surface area (Å²) in [5.41, 5.74) is 2.36. The normalized spacial score (nSPS) is 23.2. The molecule has 2 aliphatic rings. The molecule has 1 N–H and O–H groups in total. The third-order valence-electron chi connectivity index (χ3n) is 4.63. The maximum atomic E-state index is 13.2. The highest BCUT2D eigenvalue weighted by Crippen LogP contribution is 2.30. The number of aryl methyl sites for hydroxylation is 1. The van der Waals surface area contributed by atoms with Crippen LogP contribution in [0, 0.1) is 18.7 Å². The molecule has 1 heterocycles. The fraction of sp³-hybridized carbons (Fsp3) is 0.647. The molecule has 0 amide bonds. The fourth-order valence-electron chi connectivity index (χ4n) is 3.25. The molecule has 1 aliphatic heterocycles. The van der Waals surface area contributed by atoms with Crippen molar-refractivity contribution in [2.75, 3.05) is 19.6 Å². The van der Waals surface area contributed by atoms with E-state index < -0.39 is 0 Å². The van der Waals surface area contributed by atoms with Crippen molar-refractivity contribution in [2.24, 2.45) is 5.92 Å². The van der Waals surface area contributed by atoms with Crippen LogP contribution in [0.4, 0.5) is 4.39 Å². The van der Waals surface area contributed by atoms with Gasteiger partial charge in [-0.3, -0.25) is 4.90 Å². The third-order valence-corrected chi connectivity index (χ3v) is 4.63. The molecule has 20 heavy (non-hydrogen) atoms. The van der Waals surface area contributed by atoms with E-state index in [2.05, 4.69) is 10.2 Å². The van der Waals surface area contributed by atoms with Gasteiger partial charge in [0, 0.05) is 19.1 Å². The molecule has 3 rings (SSSR count). The summed E-state index contributed by atoms with van der Waals surface area (Å²) in [6.07, 6.45) is 5.32. The van der Waals surface area contributed by atoms with Crippen LogP contribution in [-0.4, -0.2) is 30.6 Å². The van der Waals surface area contributed by atoms with Crippen LogP contribution in [0.3, 0.4) is 0 Å². The molecule has 0 radical (unpaired) electrons. The molecule has 1 aromatic rings. The first-order valence-electron chi connectivity index (χ1n) is 7.92. The van der Waals surface area contributed by atoms with Gasteiger partial charge in [-0.1, -0.05) is 6.07 Å². The molecule has 2 fully saturated rings. The molecule has 1 saturated heterocycles. The van der Waals surface area contributed by atoms with Gasteiger partial charge in [-0.15, -0.1) is 0 Å². The highest BCUT2D eigenvalue weighted by Gasteiger charge is 2.31. The van der Waals surface area contributed by atoms with Gasteiger partial charge >= 0.3 is 0 Å². The van der Waals surface area contributed by atoms with E-state index in [0.29, 0.717) is 0 Å². The monoisotopic (exact) mass is 276 g/mol. The van der Waals surface area contributed by atoms with Crippen LogP contribution in [0.5, 0.6) is 0 Å². The number of halogens is 1. The van der Waals surface area contributed by atoms with Gasteiger partial charge < -0.3 is 5.32 Å². The van der Waals surface area contributed by atoms with Crippen LogP contribution in [0.1, 0.15) is 36.8 Å². The van der Waals surface area contributed by atoms with Crippen LogP contribution >= 0.6 is 0 Å². The molecule has 1 aliphatic carbocycles. The lowest BCUT2D eigenvalue weighted by atomic mass is 9.98. The Balaban J connectivity index is 1.64. The van der Waals surface area contributed by atoms with Gasteiger partial charge in [0.05, 0.1) is 0 Å². The lowest BCUT2D eigenvalue weighted by Gasteiger charge is -2.30. The van der Waals surface area contributed by atoms with E-state index >= 15 is 0 Å². The summed E-state index contributed by atoms with van der Waals surface area (Å²) in [4.78, 5) is 2.62. The Morgan fingerprint density at radius 2 is 2.15 bits per heavy atom. The number of hydrogen-bond acceptors (Lipinski definition) is 2. The van der Waals surface area contributed by atoms with E-state index in [1.165, 1.54) is 44.3 Å². The average Bonchev–Trinajstić information content (AvgIpc) is 3.26. The summed E-state index contributed by atoms with van der Waals surface area (Å²) in [7, 11) is 0. The van der Waals surface area contributed by atoms with E-state index in [0.717, 1.165) is 30.6 Å². The van der Waals surface area contributed by atoms with E-state index in [1.807, 2.05) is 13.0 Å². The Kier molecular flexibility index (Phi) is 4.37. The zero-order valence-electron chi connectivity index (χ0n) is 12.4. The van der Waals surface area contributed by atoms with E-state index in [-0.39, 0.29) is 5.82 Å². The lowest BCUT2D eigenvalue weighted by Crippen LogP contribution is -2.39. The predicted octanol–water partition coefficient (Wildman–Crippen LogP) is 3.10. The molecule has 2 nitrogen and oxygen atoms in total. The molecule has 0 aromatic heterocycles. The Labute approximate surface area is 121 Å². The second-order valence-electron chi connectivity index (χ2n) is 6.44. The fourth-order valence-corrected chi connectivity index (χ4v) is 3.25. The minimum Gasteiger partial charge on any atom is -0.316 e. The second kappa shape index (κ2) is 6.23. The SMILES string of the molecule is Cc1cc(F)ccc1CN(CC1CCCNC1)C1CC1. The number of piperidine rings is 1. The van der Waals surface area contributed by atoms with Crippen molar-refractivity contribution in [1.29, 1.82) is 0 Å². The van der Waals surface area contributed by atoms with Crippen molar-refractivity contribution >= 4 is 0 Å². The highest BCUT2D eigenvalue weighted by atomic mass is 19.1. The first kappa shape index (κ1) is 14.0. The van der Waals surface area contributed by atoms with Crippen molar-refractivity contribution in [3.8, 4) is 0 Å². The van der Waals surface area contributed by atoms with E-state index in [4.69, 9.17) is 0 Å². The van der Waals surface area contributed by atoms with E-state index in [1.54, 1.807) is 12.1 Å². The first-order valence-corrected chi connectivity index (χ1v) is 7.92. The van der Waals surface area contributed by atoms with Crippen molar-refractivity contribution in [1.82, 2.24) is 10.2 Å². The van der Waals surface area contributed by atoms with Gasteiger partial charge in [0.2, 0.25) is 0 Å². The smallest absolute Gasteiger partial charge is 0.123 e. The minimum absolute atomic E-state index is 0.124. The summed E-state index contributed by atoms with van der Waals surface area (Å²) in [6, 6.07) is 5.97. The van der Waals surface area contributed by atoms with Crippen molar-refractivity contribution in [2.45, 2.75) is 45.2 Å². The molecule has 110 valence electrons. The van der Waals surface area contributed by atoms with Gasteiger partial charge in [0.25, 0.3) is 0 Å². The summed E-state index contributed by atoms with van der Waals surface area (Å²) in [6.45, 7) is 6.52. The average molecular weight is 276 g/mol. The molecule has 0 bridgehead atoms. The molecule has 1 unspecified atom stereocenters. The van der Waals surface area contributed by atoms with Crippen molar-refractivity contribution in [3.05, 3.63) is 35.1 Å². The molecule has 1 saturated carbocycles. The van der Waals surface area contributed by atoms with Crippen LogP contribution in [-0.2, 0) is 6.54 Å². The molecular weight excluding hydrogens is 251 g/mol. The molecule has 1 atom stereocenters. The zero-order valence-corrected chi connectivity index (χ0v) is 12.4. The highest BCUT2D eigenvalue weighted by molar-refractivity contribution is 5.26. The Hall–Kier alpha value is -0.930. The van der Waals surface area contributed by atoms with Crippen molar-refractivity contribution in [3.63, 3.8) is 0 Å². The summed E-state index contributed by atoms with van der Waals surface area (Å²) in [5, 5.41) is 3.51. The Morgan fingerprint density at radius 1 is 1.30 bits per heavy atom. The molecule has 3 heteroatoms. The number of benzene rings is 1. The number of nitrogens with zero attached hydrogens (tertiary/aromatic N) is 1. The lowest BCUT2D eigenvalue weighted by molar-refractivity contribution is 0.192. The maximum absolute atomic E-state index is 13.2. The summed E-state index contributed by atoms with van der Waals surface area (Å²) in [5.74, 6) is 0.658. The van der Waals surface area contributed by atoms with Crippen LogP contribution in [0.2, 0.25) is 0 Å². The van der Waals surface area contributed by atoms with Crippen LogP contribution < -0.4 is 5.32 Å². The number of hydrogen-bond donors (Lipinski definition) is 1. The molecule has 0 spiro atoms. The largest absolute Gasteiger partial charge is 0.316 e. The second-order valence-corrected chi connectivity index (χ2v) is 6.44. The Bertz CT molecular complexity index is 450. The third kappa shape index (κ3) is 3.58. The summed E-state index contributed by atoms with van der Waals surface area (Å²) < 4.78 is 13.2. The predicted molar refractivity (Wildman–Crippen MR) is 80.2 cm³/mol. The first-order chi connectivity index (χ1) is 9.72. The summed E-state index contributed by atoms with van der Waals surface area (Å²) >= 11 is 0. The Morgan fingerprint density at radius 3 is 2.80 bits per heavy atom. The molecule has 1 aromatic carbocycles. The zero-order chi connectivity index (χ0) is 13.9. The van der Waals surface area contributed by atoms with E-state index in [9.17, 15) is 4.39 Å². The van der Waals surface area contributed by atoms with Crippen LogP contribution in [0.25, 0.3) is 0 Å². The molecular formula is C17H25FN2. The number of nitrogens with one attached hydrogen (secondary N) is 1. The maximum Gasteiger partial charge on any atom is 0.123 e. The van der Waals surface area contributed by atoms with Crippen LogP contribution in [0.15, 0.2) is 18.2 Å². The van der Waals surface area contributed by atoms with Gasteiger partial charge in [0.1, 0.15) is 5.82 Å². The minimum atomic E-state index is -0.124. The van der Waals surface area contributed by atoms with Gasteiger partial charge in [0.15, 0.2) is 0 Å². The quantitative estimate of drug-likeness (QED) is 0.889. The topological polar surface area (TPSA) is 15.3 Å². The van der Waals surface area contributed by atoms with Crippen molar-refractivity contribution < 1.29 is 4.39 Å². The standard InChI is InChI=1S/C17H25FN2/c1-13-9-16(18)5-4-15(13)12-20(17-6-7-17)11-14-3-2-8-19-10-14/h4-5,9,14,17,19H,2-3,6-8,10-12H2,1H3. The van der Waals surface area contributed by atoms with Gasteiger partial charge in [-0.2, -0.15) is 0 Å². The van der Waals surface area contributed by atoms with Gasteiger partial charge in [-0.05, 0) is 74.9 Å².